The lowest BCUT2D eigenvalue weighted by molar-refractivity contribution is -0.366. The van der Waals surface area contributed by atoms with Crippen LogP contribution in [0.3, 0.4) is 0 Å². The molecule has 3 amide bonds. The van der Waals surface area contributed by atoms with Crippen molar-refractivity contribution in [3.05, 3.63) is 29.8 Å². The van der Waals surface area contributed by atoms with E-state index in [0.29, 0.717) is 6.42 Å². The van der Waals surface area contributed by atoms with Crippen LogP contribution in [0.15, 0.2) is 24.3 Å². The Bertz CT molecular complexity index is 1700. The maximum Gasteiger partial charge on any atom is 0.335 e. The van der Waals surface area contributed by atoms with Gasteiger partial charge in [0.15, 0.2) is 31.1 Å². The molecule has 4 fully saturated rings. The summed E-state index contributed by atoms with van der Waals surface area (Å²) in [5.41, 5.74) is 0.758. The first kappa shape index (κ1) is 50.3. The molecule has 63 heavy (non-hydrogen) atoms. The number of rotatable bonds is 16. The lowest BCUT2D eigenvalue weighted by Crippen LogP contribution is -2.70. The van der Waals surface area contributed by atoms with Gasteiger partial charge in [0, 0.05) is 27.5 Å². The molecule has 4 saturated heterocycles. The number of nitrogens with one attached hydrogen (secondary N) is 3. The molecule has 5 rings (SSSR count). The Morgan fingerprint density at radius 1 is 0.635 bits per heavy atom. The molecule has 0 aliphatic carbocycles. The van der Waals surface area contributed by atoms with Crippen LogP contribution in [-0.2, 0) is 63.5 Å². The summed E-state index contributed by atoms with van der Waals surface area (Å²) >= 11 is 0. The minimum absolute atomic E-state index is 0.0440. The van der Waals surface area contributed by atoms with Crippen molar-refractivity contribution in [3.8, 4) is 5.75 Å². The van der Waals surface area contributed by atoms with Gasteiger partial charge < -0.3 is 105 Å². The number of carbonyl (C=O) groups is 4. The molecule has 13 N–H and O–H groups in total. The first-order chi connectivity index (χ1) is 29.8. The average Bonchev–Trinajstić information content (AvgIpc) is 3.23. The van der Waals surface area contributed by atoms with E-state index >= 15 is 0 Å². The van der Waals surface area contributed by atoms with Crippen LogP contribution < -0.4 is 16.0 Å². The third kappa shape index (κ3) is 11.6. The summed E-state index contributed by atoms with van der Waals surface area (Å²) in [6.07, 6.45) is -32.0. The molecule has 4 aliphatic rings. The smallest absolute Gasteiger partial charge is 0.335 e. The predicted molar refractivity (Wildman–Crippen MR) is 204 cm³/mol. The van der Waals surface area contributed by atoms with Crippen molar-refractivity contribution in [2.75, 3.05) is 26.9 Å². The zero-order valence-corrected chi connectivity index (χ0v) is 34.6. The van der Waals surface area contributed by atoms with Gasteiger partial charge in [0.05, 0.1) is 25.4 Å². The summed E-state index contributed by atoms with van der Waals surface area (Å²) in [6.45, 7) is 2.06. The SMILES string of the molecule is COC1C(C(=O)NCCc2ccc(O)cc2)OC(OC2C(O)C(CO)OC(OC3C(C(=O)O)OC(OC4C(O)C(CO)OC(C)C4NC(C)=O)C(O)C3O)C2NC(C)=O)C(O)C1O. The Morgan fingerprint density at radius 2 is 1.13 bits per heavy atom. The van der Waals surface area contributed by atoms with Crippen LogP contribution in [0.25, 0.3) is 0 Å². The molecule has 0 saturated carbocycles. The van der Waals surface area contributed by atoms with Gasteiger partial charge in [-0.3, -0.25) is 14.4 Å². The highest BCUT2D eigenvalue weighted by atomic mass is 16.8. The molecule has 1 aromatic rings. The molecule has 4 heterocycles. The normalized spacial score (nSPS) is 40.7. The summed E-state index contributed by atoms with van der Waals surface area (Å²) in [4.78, 5) is 50.7. The fourth-order valence-corrected chi connectivity index (χ4v) is 7.90. The number of carbonyl (C=O) groups excluding carboxylic acids is 3. The van der Waals surface area contributed by atoms with Crippen LogP contribution in [-0.4, -0.2) is 224 Å². The van der Waals surface area contributed by atoms with Crippen LogP contribution in [0, 0.1) is 0 Å². The summed E-state index contributed by atoms with van der Waals surface area (Å²) in [6, 6.07) is 3.34. The quantitative estimate of drug-likeness (QED) is 0.0733. The standard InChI is InChI=1S/C38H57N3O22/c1-13-20(40-14(2)44)28(22(47)18(11-42)57-13)59-38-27(52)25(50)31(33(63-38)35(54)55)61-36-21(41-15(3)45)29(23(48)19(12-43)58-36)60-37-26(51)24(49)30(56-4)32(62-37)34(53)39-10-9-16-5-7-17(46)8-6-16/h5-8,13,18-33,36-38,42-43,46-52H,9-12H2,1-4H3,(H,39,53)(H,40,44)(H,41,45)(H,54,55). The number of carboxylic acids is 1. The van der Waals surface area contributed by atoms with Crippen molar-refractivity contribution >= 4 is 23.7 Å². The number of hydrogen-bond acceptors (Lipinski definition) is 21. The Kier molecular flexibility index (Phi) is 17.5. The van der Waals surface area contributed by atoms with Gasteiger partial charge in [0.2, 0.25) is 11.8 Å². The summed E-state index contributed by atoms with van der Waals surface area (Å²) in [7, 11) is 1.15. The van der Waals surface area contributed by atoms with Gasteiger partial charge >= 0.3 is 5.97 Å². The third-order valence-corrected chi connectivity index (χ3v) is 11.1. The lowest BCUT2D eigenvalue weighted by Gasteiger charge is -2.50. The highest BCUT2D eigenvalue weighted by Crippen LogP contribution is 2.35. The number of aliphatic hydroxyl groups excluding tert-OH is 8. The van der Waals surface area contributed by atoms with E-state index in [0.717, 1.165) is 26.5 Å². The highest BCUT2D eigenvalue weighted by molar-refractivity contribution is 5.81. The second kappa shape index (κ2) is 22.0. The first-order valence-corrected chi connectivity index (χ1v) is 20.0. The number of phenolic OH excluding ortho intramolecular Hbond substituents is 1. The van der Waals surface area contributed by atoms with Gasteiger partial charge in [-0.2, -0.15) is 0 Å². The van der Waals surface area contributed by atoms with E-state index in [2.05, 4.69) is 16.0 Å². The van der Waals surface area contributed by atoms with Crippen LogP contribution in [0.1, 0.15) is 26.3 Å². The van der Waals surface area contributed by atoms with E-state index in [1.165, 1.54) is 19.1 Å². The molecule has 20 unspecified atom stereocenters. The number of carboxylic acid groups (broad SMARTS) is 1. The molecule has 25 nitrogen and oxygen atoms in total. The molecule has 0 radical (unpaired) electrons. The minimum atomic E-state index is -2.23. The second-order valence-electron chi connectivity index (χ2n) is 15.6. The molecule has 20 atom stereocenters. The number of aliphatic hydroxyl groups is 8. The van der Waals surface area contributed by atoms with Gasteiger partial charge in [0.1, 0.15) is 85.0 Å². The summed E-state index contributed by atoms with van der Waals surface area (Å²) in [5.74, 6) is -3.97. The van der Waals surface area contributed by atoms with Crippen molar-refractivity contribution in [1.82, 2.24) is 16.0 Å². The van der Waals surface area contributed by atoms with Crippen LogP contribution in [0.5, 0.6) is 5.75 Å². The molecule has 0 aromatic heterocycles. The number of methoxy groups -OCH3 is 1. The van der Waals surface area contributed by atoms with E-state index in [4.69, 9.17) is 37.9 Å². The molecule has 0 bridgehead atoms. The maximum atomic E-state index is 13.4. The summed E-state index contributed by atoms with van der Waals surface area (Å²) in [5, 5.41) is 115. The molecule has 25 heteroatoms. The zero-order valence-electron chi connectivity index (χ0n) is 34.6. The average molecular weight is 908 g/mol. The number of phenols is 1. The number of ether oxygens (including phenoxy) is 8. The van der Waals surface area contributed by atoms with E-state index in [9.17, 15) is 70.2 Å². The molecule has 4 aliphatic heterocycles. The Morgan fingerprint density at radius 3 is 1.65 bits per heavy atom. The molecule has 356 valence electrons. The van der Waals surface area contributed by atoms with Gasteiger partial charge in [-0.15, -0.1) is 0 Å². The van der Waals surface area contributed by atoms with Gasteiger partial charge in [0.25, 0.3) is 5.91 Å². The van der Waals surface area contributed by atoms with Crippen LogP contribution >= 0.6 is 0 Å². The summed E-state index contributed by atoms with van der Waals surface area (Å²) < 4.78 is 45.6. The van der Waals surface area contributed by atoms with Crippen LogP contribution in [0.2, 0.25) is 0 Å². The van der Waals surface area contributed by atoms with Gasteiger partial charge in [-0.1, -0.05) is 12.1 Å². The van der Waals surface area contributed by atoms with Crippen molar-refractivity contribution in [3.63, 3.8) is 0 Å². The molecule has 1 aromatic carbocycles. The van der Waals surface area contributed by atoms with Gasteiger partial charge in [-0.25, -0.2) is 4.79 Å². The van der Waals surface area contributed by atoms with Gasteiger partial charge in [-0.05, 0) is 31.0 Å². The lowest BCUT2D eigenvalue weighted by atomic mass is 9.92. The minimum Gasteiger partial charge on any atom is -0.508 e. The van der Waals surface area contributed by atoms with Crippen LogP contribution in [0.4, 0.5) is 0 Å². The monoisotopic (exact) mass is 907 g/mol. The fraction of sp³-hybridized carbons (Fsp3) is 0.737. The maximum absolute atomic E-state index is 13.4. The zero-order chi connectivity index (χ0) is 46.4. The van der Waals surface area contributed by atoms with Crippen molar-refractivity contribution in [2.45, 2.75) is 150 Å². The molecular weight excluding hydrogens is 850 g/mol. The Labute approximate surface area is 359 Å². The third-order valence-electron chi connectivity index (χ3n) is 11.1. The number of benzene rings is 1. The fourth-order valence-electron chi connectivity index (χ4n) is 7.90. The van der Waals surface area contributed by atoms with E-state index in [1.807, 2.05) is 0 Å². The first-order valence-electron chi connectivity index (χ1n) is 20.0. The van der Waals surface area contributed by atoms with Crippen molar-refractivity contribution in [1.29, 1.82) is 0 Å². The van der Waals surface area contributed by atoms with E-state index in [1.54, 1.807) is 12.1 Å². The molecule has 0 spiro atoms. The topological polar surface area (TPSA) is 381 Å². The van der Waals surface area contributed by atoms with Crippen molar-refractivity contribution < 1.29 is 108 Å². The Hall–Kier alpha value is -3.74. The Balaban J connectivity index is 1.37. The number of hydrogen-bond donors (Lipinski definition) is 13. The number of aromatic hydroxyl groups is 1. The van der Waals surface area contributed by atoms with Crippen molar-refractivity contribution in [2.24, 2.45) is 0 Å². The number of amides is 3. The highest BCUT2D eigenvalue weighted by Gasteiger charge is 2.57. The van der Waals surface area contributed by atoms with E-state index in [-0.39, 0.29) is 12.3 Å². The predicted octanol–water partition coefficient (Wildman–Crippen LogP) is -6.57. The second-order valence-corrected chi connectivity index (χ2v) is 15.6. The number of aliphatic carboxylic acids is 1. The van der Waals surface area contributed by atoms with E-state index < -0.39 is 159 Å². The largest absolute Gasteiger partial charge is 0.508 e. The molecular formula is C38H57N3O22.